The van der Waals surface area contributed by atoms with Crippen LogP contribution in [0.5, 0.6) is 0 Å². The van der Waals surface area contributed by atoms with Crippen molar-refractivity contribution in [1.29, 1.82) is 0 Å². The van der Waals surface area contributed by atoms with Crippen LogP contribution < -0.4 is 0 Å². The molecule has 1 saturated heterocycles. The van der Waals surface area contributed by atoms with E-state index in [1.807, 2.05) is 42.5 Å². The molecule has 28 heavy (non-hydrogen) atoms. The van der Waals surface area contributed by atoms with Gasteiger partial charge in [-0.3, -0.25) is 4.90 Å². The fraction of sp³-hybridized carbons (Fsp3) is 0.600. The summed E-state index contributed by atoms with van der Waals surface area (Å²) < 4.78 is 6.77. The van der Waals surface area contributed by atoms with Gasteiger partial charge in [-0.2, -0.15) is 0 Å². The maximum Gasteiger partial charge on any atom is 0.144 e. The van der Waals surface area contributed by atoms with E-state index in [1.54, 1.807) is 0 Å². The van der Waals surface area contributed by atoms with Gasteiger partial charge in [-0.05, 0) is 51.0 Å². The van der Waals surface area contributed by atoms with Gasteiger partial charge in [0.2, 0.25) is 0 Å². The highest BCUT2D eigenvalue weighted by molar-refractivity contribution is 5.25. The molecule has 3 rings (SSSR count). The lowest BCUT2D eigenvalue weighted by atomic mass is 9.68. The Bertz CT molecular complexity index is 670. The summed E-state index contributed by atoms with van der Waals surface area (Å²) in [6.07, 6.45) is 8.40. The first-order valence-electron chi connectivity index (χ1n) is 10.8. The minimum absolute atomic E-state index is 0.0706. The molecule has 0 radical (unpaired) electrons. The van der Waals surface area contributed by atoms with Gasteiger partial charge in [-0.15, -0.1) is 13.2 Å². The van der Waals surface area contributed by atoms with Gasteiger partial charge in [0.05, 0.1) is 6.10 Å². The number of ether oxygens (including phenoxy) is 1. The Kier molecular flexibility index (Phi) is 6.48. The predicted molar refractivity (Wildman–Crippen MR) is 116 cm³/mol. The van der Waals surface area contributed by atoms with E-state index in [0.29, 0.717) is 24.8 Å². The molecule has 1 aliphatic carbocycles. The Morgan fingerprint density at radius 2 is 1.93 bits per heavy atom. The molecule has 0 aromatic heterocycles. The minimum Gasteiger partial charge on any atom is -0.381 e. The molecule has 1 saturated carbocycles. The largest absolute Gasteiger partial charge is 0.381 e. The summed E-state index contributed by atoms with van der Waals surface area (Å²) in [7, 11) is 0. The summed E-state index contributed by atoms with van der Waals surface area (Å²) in [5.74, 6) is 1.14. The number of benzene rings is 1. The van der Waals surface area contributed by atoms with Gasteiger partial charge >= 0.3 is 0 Å². The molecule has 1 heterocycles. The molecule has 0 spiro atoms. The van der Waals surface area contributed by atoms with Crippen LogP contribution in [0.1, 0.15) is 58.4 Å². The summed E-state index contributed by atoms with van der Waals surface area (Å²) in [5, 5.41) is 12.1. The van der Waals surface area contributed by atoms with Crippen molar-refractivity contribution < 1.29 is 9.84 Å². The molecule has 1 N–H and O–H groups in total. The predicted octanol–water partition coefficient (Wildman–Crippen LogP) is 5.27. The molecule has 154 valence electrons. The Hall–Kier alpha value is -1.42. The van der Waals surface area contributed by atoms with Gasteiger partial charge in [0.1, 0.15) is 11.8 Å². The van der Waals surface area contributed by atoms with Gasteiger partial charge < -0.3 is 9.84 Å². The van der Waals surface area contributed by atoms with Crippen molar-refractivity contribution in [1.82, 2.24) is 4.90 Å². The van der Waals surface area contributed by atoms with Crippen molar-refractivity contribution in [2.24, 2.45) is 11.8 Å². The SMILES string of the molecule is C=CCC[C@](O)(c1ccccc1)[C@@H]1O[C@@H]2C[C@H](C)CC[C@H]2C(C)(C)N1CC=C. The number of allylic oxidation sites excluding steroid dienone is 1. The summed E-state index contributed by atoms with van der Waals surface area (Å²) >= 11 is 0. The van der Waals surface area contributed by atoms with E-state index in [-0.39, 0.29) is 11.6 Å². The second-order valence-electron chi connectivity index (χ2n) is 9.26. The van der Waals surface area contributed by atoms with Crippen LogP contribution >= 0.6 is 0 Å². The van der Waals surface area contributed by atoms with E-state index >= 15 is 0 Å². The molecule has 3 nitrogen and oxygen atoms in total. The van der Waals surface area contributed by atoms with Crippen LogP contribution in [0, 0.1) is 11.8 Å². The fourth-order valence-corrected chi connectivity index (χ4v) is 5.34. The van der Waals surface area contributed by atoms with E-state index in [2.05, 4.69) is 38.8 Å². The Morgan fingerprint density at radius 3 is 2.57 bits per heavy atom. The van der Waals surface area contributed by atoms with E-state index in [1.165, 1.54) is 12.8 Å². The van der Waals surface area contributed by atoms with E-state index in [9.17, 15) is 5.11 Å². The molecule has 3 heteroatoms. The lowest BCUT2D eigenvalue weighted by Crippen LogP contribution is -2.69. The number of nitrogens with zero attached hydrogens (tertiary/aromatic N) is 1. The summed E-state index contributed by atoms with van der Waals surface area (Å²) in [6, 6.07) is 10.0. The maximum absolute atomic E-state index is 12.1. The van der Waals surface area contributed by atoms with Crippen LogP contribution in [0.15, 0.2) is 55.6 Å². The van der Waals surface area contributed by atoms with Gasteiger partial charge in [-0.25, -0.2) is 0 Å². The number of hydrogen-bond donors (Lipinski definition) is 1. The molecule has 0 amide bonds. The first-order chi connectivity index (χ1) is 13.3. The highest BCUT2D eigenvalue weighted by Gasteiger charge is 2.55. The third kappa shape index (κ3) is 3.85. The summed E-state index contributed by atoms with van der Waals surface area (Å²) in [5.41, 5.74) is -0.255. The van der Waals surface area contributed by atoms with Crippen molar-refractivity contribution in [2.45, 2.75) is 76.3 Å². The quantitative estimate of drug-likeness (QED) is 0.651. The standard InChI is InChI=1S/C25H37NO2/c1-6-8-16-25(27,20-12-10-9-11-13-20)23-26(17-7-2)24(4,5)21-15-14-19(3)18-22(21)28-23/h6-7,9-13,19,21-23,27H,1-2,8,14-18H2,3-5H3/t19-,21-,22-,23+,25+/m1/s1. The second-order valence-corrected chi connectivity index (χ2v) is 9.26. The number of fused-ring (bicyclic) bond motifs is 1. The molecule has 1 aromatic rings. The normalized spacial score (nSPS) is 32.1. The smallest absolute Gasteiger partial charge is 0.144 e. The summed E-state index contributed by atoms with van der Waals surface area (Å²) in [6.45, 7) is 15.5. The monoisotopic (exact) mass is 383 g/mol. The first-order valence-corrected chi connectivity index (χ1v) is 10.8. The van der Waals surface area contributed by atoms with Gasteiger partial charge in [-0.1, -0.05) is 55.8 Å². The molecule has 5 atom stereocenters. The van der Waals surface area contributed by atoms with Crippen LogP contribution in [0.25, 0.3) is 0 Å². The first kappa shape index (κ1) is 21.3. The average molecular weight is 384 g/mol. The van der Waals surface area contributed by atoms with Crippen LogP contribution in [-0.4, -0.2) is 34.4 Å². The molecule has 0 unspecified atom stereocenters. The zero-order valence-corrected chi connectivity index (χ0v) is 17.8. The highest BCUT2D eigenvalue weighted by atomic mass is 16.5. The van der Waals surface area contributed by atoms with Crippen molar-refractivity contribution in [2.75, 3.05) is 6.54 Å². The Morgan fingerprint density at radius 1 is 1.21 bits per heavy atom. The lowest BCUT2D eigenvalue weighted by Gasteiger charge is -2.60. The molecule has 1 aromatic carbocycles. The molecular formula is C25H37NO2. The second kappa shape index (κ2) is 8.52. The molecule has 0 bridgehead atoms. The van der Waals surface area contributed by atoms with Crippen molar-refractivity contribution in [3.05, 3.63) is 61.2 Å². The molecule has 1 aliphatic heterocycles. The van der Waals surface area contributed by atoms with Crippen LogP contribution in [0.2, 0.25) is 0 Å². The van der Waals surface area contributed by atoms with Crippen LogP contribution in [-0.2, 0) is 10.3 Å². The van der Waals surface area contributed by atoms with Gasteiger partial charge in [0, 0.05) is 18.0 Å². The number of rotatable bonds is 7. The van der Waals surface area contributed by atoms with Crippen molar-refractivity contribution >= 4 is 0 Å². The zero-order valence-electron chi connectivity index (χ0n) is 17.8. The Balaban J connectivity index is 2.05. The van der Waals surface area contributed by atoms with E-state index < -0.39 is 11.8 Å². The highest BCUT2D eigenvalue weighted by Crippen LogP contribution is 2.49. The van der Waals surface area contributed by atoms with E-state index in [0.717, 1.165) is 18.4 Å². The number of aliphatic hydroxyl groups is 1. The minimum atomic E-state index is -1.10. The molecule has 2 aliphatic rings. The topological polar surface area (TPSA) is 32.7 Å². The zero-order chi connectivity index (χ0) is 20.4. The lowest BCUT2D eigenvalue weighted by molar-refractivity contribution is -0.289. The molecular weight excluding hydrogens is 346 g/mol. The third-order valence-electron chi connectivity index (χ3n) is 7.03. The number of hydrogen-bond acceptors (Lipinski definition) is 3. The maximum atomic E-state index is 12.1. The molecule has 2 fully saturated rings. The Labute approximate surface area is 171 Å². The van der Waals surface area contributed by atoms with Crippen molar-refractivity contribution in [3.63, 3.8) is 0 Å². The van der Waals surface area contributed by atoms with Crippen molar-refractivity contribution in [3.8, 4) is 0 Å². The third-order valence-corrected chi connectivity index (χ3v) is 7.03. The summed E-state index contributed by atoms with van der Waals surface area (Å²) in [4.78, 5) is 2.34. The average Bonchev–Trinajstić information content (AvgIpc) is 2.68. The van der Waals surface area contributed by atoms with E-state index in [4.69, 9.17) is 4.74 Å². The van der Waals surface area contributed by atoms with Crippen LogP contribution in [0.3, 0.4) is 0 Å². The fourth-order valence-electron chi connectivity index (χ4n) is 5.34. The van der Waals surface area contributed by atoms with Crippen LogP contribution in [0.4, 0.5) is 0 Å². The van der Waals surface area contributed by atoms with Gasteiger partial charge in [0.25, 0.3) is 0 Å². The van der Waals surface area contributed by atoms with Gasteiger partial charge in [0.15, 0.2) is 0 Å².